The zero-order valence-corrected chi connectivity index (χ0v) is 12.3. The summed E-state index contributed by atoms with van der Waals surface area (Å²) in [5.74, 6) is 0. The minimum Gasteiger partial charge on any atom is -0.351 e. The summed E-state index contributed by atoms with van der Waals surface area (Å²) in [6.07, 6.45) is 2.08. The Labute approximate surface area is 129 Å². The quantitative estimate of drug-likeness (QED) is 0.620. The lowest BCUT2D eigenvalue weighted by atomic mass is 9.90. The highest BCUT2D eigenvalue weighted by Gasteiger charge is 2.64. The molecular weight excluding hydrogens is 270 g/mol. The third kappa shape index (κ3) is 1.40. The lowest BCUT2D eigenvalue weighted by Gasteiger charge is -2.08. The van der Waals surface area contributed by atoms with Crippen molar-refractivity contribution in [3.05, 3.63) is 89.2 Å². The van der Waals surface area contributed by atoms with Gasteiger partial charge in [0, 0.05) is 17.5 Å². The molecule has 2 heterocycles. The van der Waals surface area contributed by atoms with Gasteiger partial charge in [0.1, 0.15) is 6.10 Å². The van der Waals surface area contributed by atoms with Crippen molar-refractivity contribution < 1.29 is 4.74 Å². The average Bonchev–Trinajstić information content (AvgIpc) is 3.25. The smallest absolute Gasteiger partial charge is 0.152 e. The van der Waals surface area contributed by atoms with Crippen LogP contribution in [0.25, 0.3) is 11.1 Å². The molecule has 2 heteroatoms. The summed E-state index contributed by atoms with van der Waals surface area (Å²) in [4.78, 5) is 4.52. The van der Waals surface area contributed by atoms with Gasteiger partial charge in [-0.25, -0.2) is 0 Å². The van der Waals surface area contributed by atoms with Crippen molar-refractivity contribution in [3.8, 4) is 11.1 Å². The van der Waals surface area contributed by atoms with Gasteiger partial charge in [-0.05, 0) is 35.2 Å². The van der Waals surface area contributed by atoms with Crippen LogP contribution in [0.15, 0.2) is 66.9 Å². The predicted octanol–water partition coefficient (Wildman–Crippen LogP) is 4.39. The van der Waals surface area contributed by atoms with Crippen LogP contribution < -0.4 is 0 Å². The minimum absolute atomic E-state index is 0.0839. The van der Waals surface area contributed by atoms with Crippen molar-refractivity contribution in [2.24, 2.45) is 0 Å². The van der Waals surface area contributed by atoms with E-state index in [2.05, 4.69) is 59.6 Å². The van der Waals surface area contributed by atoms with E-state index < -0.39 is 0 Å². The number of nitrogens with zero attached hydrogens (tertiary/aromatic N) is 1. The molecule has 0 N–H and O–H groups in total. The Balaban J connectivity index is 1.75. The molecule has 2 aromatic carbocycles. The van der Waals surface area contributed by atoms with E-state index in [0.717, 1.165) is 5.69 Å². The summed E-state index contributed by atoms with van der Waals surface area (Å²) < 4.78 is 6.30. The Morgan fingerprint density at radius 3 is 2.55 bits per heavy atom. The Morgan fingerprint density at radius 2 is 1.68 bits per heavy atom. The maximum atomic E-state index is 6.30. The van der Waals surface area contributed by atoms with Crippen LogP contribution in [0.5, 0.6) is 0 Å². The monoisotopic (exact) mass is 285 g/mol. The van der Waals surface area contributed by atoms with Gasteiger partial charge >= 0.3 is 0 Å². The van der Waals surface area contributed by atoms with Gasteiger partial charge in [-0.2, -0.15) is 0 Å². The van der Waals surface area contributed by atoms with Crippen molar-refractivity contribution in [2.45, 2.75) is 18.6 Å². The highest BCUT2D eigenvalue weighted by atomic mass is 16.6. The van der Waals surface area contributed by atoms with Crippen LogP contribution >= 0.6 is 0 Å². The van der Waals surface area contributed by atoms with Crippen molar-refractivity contribution in [1.82, 2.24) is 4.98 Å². The number of aromatic nitrogens is 1. The lowest BCUT2D eigenvalue weighted by Crippen LogP contribution is -2.08. The first-order chi connectivity index (χ1) is 10.8. The largest absolute Gasteiger partial charge is 0.351 e. The Bertz CT molecular complexity index is 887. The number of hydrogen-bond acceptors (Lipinski definition) is 2. The second kappa shape index (κ2) is 4.05. The van der Waals surface area contributed by atoms with E-state index in [1.54, 1.807) is 0 Å². The number of fused-ring (bicyclic) bond motifs is 5. The van der Waals surface area contributed by atoms with Crippen LogP contribution in [-0.4, -0.2) is 4.98 Å². The average molecular weight is 285 g/mol. The summed E-state index contributed by atoms with van der Waals surface area (Å²) in [7, 11) is 0. The number of hydrogen-bond donors (Lipinski definition) is 0. The number of pyridine rings is 1. The summed E-state index contributed by atoms with van der Waals surface area (Å²) in [5.41, 5.74) is 6.95. The third-order valence-corrected chi connectivity index (χ3v) is 4.78. The van der Waals surface area contributed by atoms with E-state index in [1.807, 2.05) is 19.2 Å². The molecule has 1 fully saturated rings. The van der Waals surface area contributed by atoms with Crippen molar-refractivity contribution in [2.75, 3.05) is 0 Å². The predicted molar refractivity (Wildman–Crippen MR) is 85.5 cm³/mol. The molecule has 3 aromatic rings. The highest BCUT2D eigenvalue weighted by molar-refractivity contribution is 5.82. The van der Waals surface area contributed by atoms with Crippen LogP contribution in [-0.2, 0) is 10.3 Å². The van der Waals surface area contributed by atoms with Crippen LogP contribution in [0.1, 0.15) is 28.5 Å². The fraction of sp³-hybridized carbons (Fsp3) is 0.150. The van der Waals surface area contributed by atoms with Gasteiger partial charge < -0.3 is 4.74 Å². The minimum atomic E-state index is -0.339. The van der Waals surface area contributed by atoms with Gasteiger partial charge in [0.2, 0.25) is 0 Å². The van der Waals surface area contributed by atoms with Crippen LogP contribution in [0.2, 0.25) is 0 Å². The Morgan fingerprint density at radius 1 is 0.909 bits per heavy atom. The third-order valence-electron chi connectivity index (χ3n) is 4.78. The molecule has 0 bridgehead atoms. The van der Waals surface area contributed by atoms with Gasteiger partial charge in [0.05, 0.1) is 0 Å². The van der Waals surface area contributed by atoms with E-state index in [-0.39, 0.29) is 11.7 Å². The van der Waals surface area contributed by atoms with Crippen molar-refractivity contribution in [1.29, 1.82) is 0 Å². The molecule has 0 saturated carbocycles. The molecular formula is C20H15NO. The fourth-order valence-corrected chi connectivity index (χ4v) is 3.76. The SMILES string of the molecule is Cc1cc2c(cn1)C1(OC1c1ccccc1)c1ccccc1-2. The zero-order valence-electron chi connectivity index (χ0n) is 12.3. The lowest BCUT2D eigenvalue weighted by molar-refractivity contribution is 0.332. The first-order valence-corrected chi connectivity index (χ1v) is 7.60. The van der Waals surface area contributed by atoms with E-state index in [4.69, 9.17) is 4.74 Å². The number of rotatable bonds is 1. The molecule has 1 aliphatic heterocycles. The van der Waals surface area contributed by atoms with Crippen molar-refractivity contribution in [3.63, 3.8) is 0 Å². The number of epoxide rings is 1. The fourth-order valence-electron chi connectivity index (χ4n) is 3.76. The van der Waals surface area contributed by atoms with E-state index in [1.165, 1.54) is 27.8 Å². The van der Waals surface area contributed by atoms with E-state index in [9.17, 15) is 0 Å². The van der Waals surface area contributed by atoms with Gasteiger partial charge in [0.25, 0.3) is 0 Å². The molecule has 2 unspecified atom stereocenters. The standard InChI is InChI=1S/C20H15NO/c1-13-11-16-15-9-5-6-10-17(15)20(18(16)12-21-13)19(22-20)14-7-3-2-4-8-14/h2-12,19H,1H3. The summed E-state index contributed by atoms with van der Waals surface area (Å²) in [6, 6.07) is 21.2. The number of benzene rings is 2. The van der Waals surface area contributed by atoms with Gasteiger partial charge in [0.15, 0.2) is 5.60 Å². The molecule has 5 rings (SSSR count). The zero-order chi connectivity index (χ0) is 14.7. The summed E-state index contributed by atoms with van der Waals surface area (Å²) in [6.45, 7) is 2.04. The maximum Gasteiger partial charge on any atom is 0.152 e. The molecule has 2 atom stereocenters. The van der Waals surface area contributed by atoms with Gasteiger partial charge in [-0.1, -0.05) is 54.6 Å². The molecule has 1 saturated heterocycles. The Hall–Kier alpha value is -2.45. The van der Waals surface area contributed by atoms with Gasteiger partial charge in [-0.15, -0.1) is 0 Å². The maximum absolute atomic E-state index is 6.30. The van der Waals surface area contributed by atoms with E-state index in [0.29, 0.717) is 0 Å². The molecule has 1 aliphatic carbocycles. The molecule has 0 amide bonds. The molecule has 0 radical (unpaired) electrons. The van der Waals surface area contributed by atoms with E-state index >= 15 is 0 Å². The molecule has 2 aliphatic rings. The second-order valence-corrected chi connectivity index (χ2v) is 6.06. The molecule has 106 valence electrons. The second-order valence-electron chi connectivity index (χ2n) is 6.06. The van der Waals surface area contributed by atoms with Crippen LogP contribution in [0.4, 0.5) is 0 Å². The molecule has 1 aromatic heterocycles. The highest BCUT2D eigenvalue weighted by Crippen LogP contribution is 2.67. The summed E-state index contributed by atoms with van der Waals surface area (Å²) in [5, 5.41) is 0. The van der Waals surface area contributed by atoms with Crippen LogP contribution in [0.3, 0.4) is 0 Å². The molecule has 22 heavy (non-hydrogen) atoms. The first kappa shape index (κ1) is 12.1. The number of aryl methyl sites for hydroxylation is 1. The topological polar surface area (TPSA) is 25.4 Å². The Kier molecular flexibility index (Phi) is 2.23. The van der Waals surface area contributed by atoms with Crippen LogP contribution in [0, 0.1) is 6.92 Å². The molecule has 2 nitrogen and oxygen atoms in total. The summed E-state index contributed by atoms with van der Waals surface area (Å²) >= 11 is 0. The molecule has 1 spiro atoms. The van der Waals surface area contributed by atoms with Crippen molar-refractivity contribution >= 4 is 0 Å². The first-order valence-electron chi connectivity index (χ1n) is 7.60. The number of ether oxygens (including phenoxy) is 1. The normalized spacial score (nSPS) is 24.1. The van der Waals surface area contributed by atoms with Gasteiger partial charge in [-0.3, -0.25) is 4.98 Å².